The summed E-state index contributed by atoms with van der Waals surface area (Å²) in [7, 11) is 0. The third kappa shape index (κ3) is 3.89. The molecular formula is C25H18N6O. The Balaban J connectivity index is 1.32. The molecule has 0 fully saturated rings. The predicted molar refractivity (Wildman–Crippen MR) is 120 cm³/mol. The zero-order chi connectivity index (χ0) is 21.9. The molecule has 0 aliphatic rings. The molecule has 32 heavy (non-hydrogen) atoms. The van der Waals surface area contributed by atoms with Gasteiger partial charge >= 0.3 is 0 Å². The Morgan fingerprint density at radius 1 is 1.03 bits per heavy atom. The summed E-state index contributed by atoms with van der Waals surface area (Å²) >= 11 is 0. The molecule has 1 N–H and O–H groups in total. The summed E-state index contributed by atoms with van der Waals surface area (Å²) in [6, 6.07) is 19.3. The molecule has 0 saturated carbocycles. The number of nitriles is 1. The average Bonchev–Trinajstić information content (AvgIpc) is 3.46. The molecule has 5 rings (SSSR count). The quantitative estimate of drug-likeness (QED) is 0.417. The van der Waals surface area contributed by atoms with Crippen molar-refractivity contribution in [3.63, 3.8) is 0 Å². The van der Waals surface area contributed by atoms with Gasteiger partial charge in [0.15, 0.2) is 5.78 Å². The van der Waals surface area contributed by atoms with Crippen molar-refractivity contribution in [2.24, 2.45) is 0 Å². The SMILES string of the molecule is N#Cc1cccc(Cn2cc(CC(=O)c3n[nH]c4cc(-c5ccncc5)ccc34)cn2)c1. The van der Waals surface area contributed by atoms with Crippen molar-refractivity contribution in [2.75, 3.05) is 0 Å². The van der Waals surface area contributed by atoms with E-state index in [1.54, 1.807) is 29.3 Å². The molecule has 0 aliphatic carbocycles. The van der Waals surface area contributed by atoms with Crippen LogP contribution in [0.4, 0.5) is 0 Å². The lowest BCUT2D eigenvalue weighted by Gasteiger charge is -2.02. The number of fused-ring (bicyclic) bond motifs is 1. The van der Waals surface area contributed by atoms with Gasteiger partial charge in [-0.2, -0.15) is 15.5 Å². The molecule has 7 nitrogen and oxygen atoms in total. The maximum absolute atomic E-state index is 12.9. The van der Waals surface area contributed by atoms with E-state index in [-0.39, 0.29) is 12.2 Å². The molecule has 0 bridgehead atoms. The van der Waals surface area contributed by atoms with Crippen molar-refractivity contribution in [3.8, 4) is 17.2 Å². The molecule has 0 aliphatic heterocycles. The predicted octanol–water partition coefficient (Wildman–Crippen LogP) is 4.17. The molecular weight excluding hydrogens is 400 g/mol. The van der Waals surface area contributed by atoms with Gasteiger partial charge in [-0.1, -0.05) is 18.2 Å². The van der Waals surface area contributed by atoms with Crippen LogP contribution in [0.3, 0.4) is 0 Å². The molecule has 0 saturated heterocycles. The molecule has 5 aromatic rings. The van der Waals surface area contributed by atoms with Gasteiger partial charge in [0.2, 0.25) is 0 Å². The smallest absolute Gasteiger partial charge is 0.188 e. The minimum atomic E-state index is -0.0704. The van der Waals surface area contributed by atoms with Crippen LogP contribution in [-0.4, -0.2) is 30.7 Å². The summed E-state index contributed by atoms with van der Waals surface area (Å²) in [6.07, 6.45) is 7.27. The third-order valence-corrected chi connectivity index (χ3v) is 5.29. The van der Waals surface area contributed by atoms with Crippen molar-refractivity contribution >= 4 is 16.7 Å². The van der Waals surface area contributed by atoms with Crippen LogP contribution in [0.1, 0.15) is 27.2 Å². The minimum absolute atomic E-state index is 0.0704. The van der Waals surface area contributed by atoms with Crippen LogP contribution >= 0.6 is 0 Å². The number of rotatable bonds is 6. The van der Waals surface area contributed by atoms with Gasteiger partial charge in [-0.25, -0.2) is 0 Å². The lowest BCUT2D eigenvalue weighted by atomic mass is 10.0. The van der Waals surface area contributed by atoms with Gasteiger partial charge in [0, 0.05) is 30.4 Å². The van der Waals surface area contributed by atoms with Gasteiger partial charge in [-0.15, -0.1) is 0 Å². The topological polar surface area (TPSA) is 100 Å². The van der Waals surface area contributed by atoms with E-state index in [1.807, 2.05) is 54.7 Å². The lowest BCUT2D eigenvalue weighted by Crippen LogP contribution is -2.04. The number of carbonyl (C=O) groups is 1. The molecule has 0 atom stereocenters. The first-order valence-electron chi connectivity index (χ1n) is 10.1. The number of Topliss-reactive ketones (excluding diaryl/α,β-unsaturated/α-hetero) is 1. The number of aromatic amines is 1. The second-order valence-electron chi connectivity index (χ2n) is 7.53. The van der Waals surface area contributed by atoms with E-state index in [4.69, 9.17) is 5.26 Å². The van der Waals surface area contributed by atoms with Gasteiger partial charge < -0.3 is 0 Å². The van der Waals surface area contributed by atoms with E-state index in [9.17, 15) is 4.79 Å². The fourth-order valence-electron chi connectivity index (χ4n) is 3.74. The van der Waals surface area contributed by atoms with Crippen LogP contribution < -0.4 is 0 Å². The molecule has 0 amide bonds. The number of carbonyl (C=O) groups excluding carboxylic acids is 1. The Hall–Kier alpha value is -4.57. The highest BCUT2D eigenvalue weighted by atomic mass is 16.1. The largest absolute Gasteiger partial charge is 0.292 e. The van der Waals surface area contributed by atoms with Crippen molar-refractivity contribution in [1.29, 1.82) is 5.26 Å². The Labute approximate surface area is 184 Å². The zero-order valence-electron chi connectivity index (χ0n) is 17.1. The van der Waals surface area contributed by atoms with Gasteiger partial charge in [0.1, 0.15) is 5.69 Å². The number of aromatic nitrogens is 5. The zero-order valence-corrected chi connectivity index (χ0v) is 17.1. The lowest BCUT2D eigenvalue weighted by molar-refractivity contribution is 0.0989. The van der Waals surface area contributed by atoms with Crippen LogP contribution in [0.5, 0.6) is 0 Å². The molecule has 154 valence electrons. The van der Waals surface area contributed by atoms with E-state index in [1.165, 1.54) is 0 Å². The van der Waals surface area contributed by atoms with E-state index in [0.717, 1.165) is 33.2 Å². The number of pyridine rings is 1. The van der Waals surface area contributed by atoms with Crippen molar-refractivity contribution < 1.29 is 4.79 Å². The van der Waals surface area contributed by atoms with Gasteiger partial charge in [-0.3, -0.25) is 19.6 Å². The monoisotopic (exact) mass is 418 g/mol. The highest BCUT2D eigenvalue weighted by molar-refractivity contribution is 6.07. The number of benzene rings is 2. The van der Waals surface area contributed by atoms with Crippen LogP contribution in [0.2, 0.25) is 0 Å². The Morgan fingerprint density at radius 2 is 1.91 bits per heavy atom. The van der Waals surface area contributed by atoms with Crippen molar-refractivity contribution in [2.45, 2.75) is 13.0 Å². The molecule has 0 unspecified atom stereocenters. The van der Waals surface area contributed by atoms with Gasteiger partial charge in [0.25, 0.3) is 0 Å². The van der Waals surface area contributed by atoms with Crippen LogP contribution in [-0.2, 0) is 13.0 Å². The molecule has 7 heteroatoms. The normalized spacial score (nSPS) is 10.8. The molecule has 3 aromatic heterocycles. The van der Waals surface area contributed by atoms with Gasteiger partial charge in [-0.05, 0) is 58.7 Å². The number of hydrogen-bond donors (Lipinski definition) is 1. The summed E-state index contributed by atoms with van der Waals surface area (Å²) < 4.78 is 1.77. The van der Waals surface area contributed by atoms with E-state index >= 15 is 0 Å². The molecule has 2 aromatic carbocycles. The minimum Gasteiger partial charge on any atom is -0.292 e. The first kappa shape index (κ1) is 19.4. The standard InChI is InChI=1S/C25H18N6O/c26-13-17-2-1-3-18(10-17)15-31-16-19(14-28-31)11-24(32)25-22-5-4-21(12-23(22)29-30-25)20-6-8-27-9-7-20/h1-10,12,14,16H,11,15H2,(H,29,30). The number of hydrogen-bond acceptors (Lipinski definition) is 5. The van der Waals surface area contributed by atoms with E-state index in [2.05, 4.69) is 26.3 Å². The first-order valence-corrected chi connectivity index (χ1v) is 10.1. The Morgan fingerprint density at radius 3 is 2.75 bits per heavy atom. The Kier molecular flexibility index (Phi) is 5.02. The summed E-state index contributed by atoms with van der Waals surface area (Å²) in [4.78, 5) is 17.0. The van der Waals surface area contributed by atoms with Gasteiger partial charge in [0.05, 0.1) is 29.9 Å². The highest BCUT2D eigenvalue weighted by Gasteiger charge is 2.16. The second-order valence-corrected chi connectivity index (χ2v) is 7.53. The summed E-state index contributed by atoms with van der Waals surface area (Å²) in [5, 5.41) is 21.5. The maximum Gasteiger partial charge on any atom is 0.188 e. The van der Waals surface area contributed by atoms with Crippen LogP contribution in [0.25, 0.3) is 22.0 Å². The number of nitrogens with zero attached hydrogens (tertiary/aromatic N) is 5. The molecule has 0 radical (unpaired) electrons. The first-order chi connectivity index (χ1) is 15.7. The number of nitrogens with one attached hydrogen (secondary N) is 1. The summed E-state index contributed by atoms with van der Waals surface area (Å²) in [6.45, 7) is 0.535. The summed E-state index contributed by atoms with van der Waals surface area (Å²) in [5.74, 6) is -0.0704. The molecule has 3 heterocycles. The van der Waals surface area contributed by atoms with Crippen molar-refractivity contribution in [1.82, 2.24) is 25.0 Å². The summed E-state index contributed by atoms with van der Waals surface area (Å²) in [5.41, 5.74) is 5.74. The maximum atomic E-state index is 12.9. The molecule has 0 spiro atoms. The van der Waals surface area contributed by atoms with Crippen molar-refractivity contribution in [3.05, 3.63) is 102 Å². The number of H-pyrrole nitrogens is 1. The average molecular weight is 418 g/mol. The number of ketones is 1. The van der Waals surface area contributed by atoms with E-state index < -0.39 is 0 Å². The fourth-order valence-corrected chi connectivity index (χ4v) is 3.74. The fraction of sp³-hybridized carbons (Fsp3) is 0.0800. The van der Waals surface area contributed by atoms with Crippen LogP contribution in [0, 0.1) is 11.3 Å². The Bertz CT molecular complexity index is 1460. The third-order valence-electron chi connectivity index (χ3n) is 5.29. The van der Waals surface area contributed by atoms with Crippen LogP contribution in [0.15, 0.2) is 79.4 Å². The van der Waals surface area contributed by atoms with E-state index in [0.29, 0.717) is 17.8 Å². The second kappa shape index (κ2) is 8.28. The highest BCUT2D eigenvalue weighted by Crippen LogP contribution is 2.25.